The number of benzene rings is 2. The maximum absolute atomic E-state index is 12.9. The fourth-order valence-corrected chi connectivity index (χ4v) is 4.08. The SMILES string of the molecule is CCOC(=O)C1=C(C)NC(C)=C(C(=O)OCC)C1c1ccc(OCC(=O)N/N=C/c2ccc(Cl)cc2)cc1. The topological polar surface area (TPSA) is 115 Å². The zero-order valence-electron chi connectivity index (χ0n) is 21.7. The molecule has 9 nitrogen and oxygen atoms in total. The summed E-state index contributed by atoms with van der Waals surface area (Å²) in [4.78, 5) is 37.9. The van der Waals surface area contributed by atoms with E-state index in [1.807, 2.05) is 0 Å². The van der Waals surface area contributed by atoms with E-state index in [0.717, 1.165) is 5.56 Å². The minimum Gasteiger partial charge on any atom is -0.484 e. The number of nitrogens with one attached hydrogen (secondary N) is 2. The summed E-state index contributed by atoms with van der Waals surface area (Å²) in [5.41, 5.74) is 5.68. The summed E-state index contributed by atoms with van der Waals surface area (Å²) in [5, 5.41) is 7.61. The van der Waals surface area contributed by atoms with Gasteiger partial charge in [0.2, 0.25) is 0 Å². The molecule has 0 fully saturated rings. The van der Waals surface area contributed by atoms with Crippen molar-refractivity contribution in [1.82, 2.24) is 10.7 Å². The Morgan fingerprint density at radius 1 is 0.921 bits per heavy atom. The van der Waals surface area contributed by atoms with Crippen LogP contribution in [0, 0.1) is 0 Å². The van der Waals surface area contributed by atoms with Gasteiger partial charge in [0, 0.05) is 16.4 Å². The monoisotopic (exact) mass is 539 g/mol. The number of ether oxygens (including phenoxy) is 3. The largest absolute Gasteiger partial charge is 0.484 e. The van der Waals surface area contributed by atoms with Crippen LogP contribution in [0.25, 0.3) is 0 Å². The molecule has 2 N–H and O–H groups in total. The van der Waals surface area contributed by atoms with Crippen molar-refractivity contribution in [2.75, 3.05) is 19.8 Å². The van der Waals surface area contributed by atoms with Crippen molar-refractivity contribution >= 4 is 35.7 Å². The van der Waals surface area contributed by atoms with Gasteiger partial charge in [-0.15, -0.1) is 0 Å². The lowest BCUT2D eigenvalue weighted by Gasteiger charge is -2.30. The van der Waals surface area contributed by atoms with Gasteiger partial charge in [-0.25, -0.2) is 15.0 Å². The standard InChI is InChI=1S/C28H30ClN3O6/c1-5-36-27(34)24-17(3)31-18(4)25(28(35)37-6-2)26(24)20-9-13-22(14-10-20)38-16-23(33)32-30-15-19-7-11-21(29)12-8-19/h7-15,26,31H,5-6,16H2,1-4H3,(H,32,33)/b30-15+. The lowest BCUT2D eigenvalue weighted by Crippen LogP contribution is -2.32. The van der Waals surface area contributed by atoms with E-state index in [1.165, 1.54) is 6.21 Å². The number of rotatable bonds is 10. The summed E-state index contributed by atoms with van der Waals surface area (Å²) in [6.45, 7) is 7.09. The Labute approximate surface area is 226 Å². The lowest BCUT2D eigenvalue weighted by molar-refractivity contribution is -0.139. The molecule has 0 bridgehead atoms. The van der Waals surface area contributed by atoms with Gasteiger partial charge in [0.15, 0.2) is 6.61 Å². The number of carbonyl (C=O) groups is 3. The molecule has 0 aliphatic carbocycles. The van der Waals surface area contributed by atoms with Gasteiger partial charge in [0.25, 0.3) is 5.91 Å². The van der Waals surface area contributed by atoms with Crippen molar-refractivity contribution in [3.8, 4) is 5.75 Å². The normalized spacial score (nSPS) is 13.8. The van der Waals surface area contributed by atoms with Gasteiger partial charge in [-0.3, -0.25) is 4.79 Å². The molecule has 10 heteroatoms. The van der Waals surface area contributed by atoms with E-state index in [4.69, 9.17) is 25.8 Å². The Kier molecular flexibility index (Phi) is 10.1. The van der Waals surface area contributed by atoms with Gasteiger partial charge in [-0.1, -0.05) is 35.9 Å². The van der Waals surface area contributed by atoms with Crippen molar-refractivity contribution in [1.29, 1.82) is 0 Å². The summed E-state index contributed by atoms with van der Waals surface area (Å²) >= 11 is 5.85. The molecule has 1 aliphatic rings. The van der Waals surface area contributed by atoms with Gasteiger partial charge >= 0.3 is 11.9 Å². The van der Waals surface area contributed by atoms with Crippen LogP contribution in [-0.4, -0.2) is 43.9 Å². The number of hydrogen-bond donors (Lipinski definition) is 2. The van der Waals surface area contributed by atoms with Gasteiger partial charge in [-0.2, -0.15) is 5.10 Å². The third-order valence-corrected chi connectivity index (χ3v) is 5.86. The van der Waals surface area contributed by atoms with Gasteiger partial charge < -0.3 is 19.5 Å². The lowest BCUT2D eigenvalue weighted by atomic mass is 9.80. The van der Waals surface area contributed by atoms with Crippen LogP contribution in [-0.2, 0) is 23.9 Å². The quantitative estimate of drug-likeness (QED) is 0.264. The van der Waals surface area contributed by atoms with Crippen LogP contribution in [0.2, 0.25) is 5.02 Å². The minimum absolute atomic E-state index is 0.193. The van der Waals surface area contributed by atoms with Crippen LogP contribution in [0.15, 0.2) is 76.2 Å². The predicted molar refractivity (Wildman–Crippen MR) is 144 cm³/mol. The highest BCUT2D eigenvalue weighted by Crippen LogP contribution is 2.39. The first-order valence-electron chi connectivity index (χ1n) is 12.1. The minimum atomic E-state index is -0.700. The summed E-state index contributed by atoms with van der Waals surface area (Å²) in [7, 11) is 0. The zero-order valence-corrected chi connectivity index (χ0v) is 22.4. The smallest absolute Gasteiger partial charge is 0.336 e. The summed E-state index contributed by atoms with van der Waals surface area (Å²) in [6, 6.07) is 13.8. The number of hydrogen-bond acceptors (Lipinski definition) is 8. The highest BCUT2D eigenvalue weighted by molar-refractivity contribution is 6.30. The second kappa shape index (κ2) is 13.4. The fraction of sp³-hybridized carbons (Fsp3) is 0.286. The maximum Gasteiger partial charge on any atom is 0.336 e. The van der Waals surface area contributed by atoms with Crippen molar-refractivity contribution in [2.45, 2.75) is 33.6 Å². The second-order valence-corrected chi connectivity index (χ2v) is 8.72. The van der Waals surface area contributed by atoms with Gasteiger partial charge in [0.1, 0.15) is 5.75 Å². The molecule has 2 aromatic rings. The van der Waals surface area contributed by atoms with E-state index in [9.17, 15) is 14.4 Å². The maximum atomic E-state index is 12.9. The van der Waals surface area contributed by atoms with E-state index < -0.39 is 23.8 Å². The summed E-state index contributed by atoms with van der Waals surface area (Å²) < 4.78 is 16.1. The van der Waals surface area contributed by atoms with Crippen molar-refractivity contribution < 1.29 is 28.6 Å². The molecule has 0 aromatic heterocycles. The molecule has 0 saturated heterocycles. The number of amides is 1. The van der Waals surface area contributed by atoms with E-state index in [1.54, 1.807) is 76.2 Å². The van der Waals surface area contributed by atoms with Crippen molar-refractivity contribution in [3.63, 3.8) is 0 Å². The highest BCUT2D eigenvalue weighted by atomic mass is 35.5. The number of carbonyl (C=O) groups excluding carboxylic acids is 3. The van der Waals surface area contributed by atoms with Crippen LogP contribution in [0.1, 0.15) is 44.7 Å². The average Bonchev–Trinajstić information content (AvgIpc) is 2.88. The van der Waals surface area contributed by atoms with Gasteiger partial charge in [0.05, 0.1) is 36.5 Å². The second-order valence-electron chi connectivity index (χ2n) is 8.28. The Balaban J connectivity index is 1.74. The molecule has 200 valence electrons. The summed E-state index contributed by atoms with van der Waals surface area (Å²) in [5.74, 6) is -1.75. The molecule has 0 saturated carbocycles. The Bertz CT molecular complexity index is 1230. The molecule has 3 rings (SSSR count). The van der Waals surface area contributed by atoms with Crippen LogP contribution >= 0.6 is 11.6 Å². The molecule has 2 aromatic carbocycles. The van der Waals surface area contributed by atoms with E-state index in [0.29, 0.717) is 38.9 Å². The molecular weight excluding hydrogens is 510 g/mol. The van der Waals surface area contributed by atoms with Crippen LogP contribution in [0.5, 0.6) is 5.75 Å². The molecule has 0 unspecified atom stereocenters. The number of hydrazone groups is 1. The Morgan fingerprint density at radius 3 is 2.00 bits per heavy atom. The first-order valence-corrected chi connectivity index (χ1v) is 12.5. The third-order valence-electron chi connectivity index (χ3n) is 5.61. The average molecular weight is 540 g/mol. The van der Waals surface area contributed by atoms with E-state index in [-0.39, 0.29) is 19.8 Å². The molecule has 1 aliphatic heterocycles. The molecule has 0 radical (unpaired) electrons. The van der Waals surface area contributed by atoms with Crippen molar-refractivity contribution in [2.24, 2.45) is 5.10 Å². The molecule has 1 heterocycles. The Hall–Kier alpha value is -4.11. The van der Waals surface area contributed by atoms with E-state index >= 15 is 0 Å². The fourth-order valence-electron chi connectivity index (χ4n) is 3.95. The number of halogens is 1. The molecule has 38 heavy (non-hydrogen) atoms. The van der Waals surface area contributed by atoms with Crippen LogP contribution in [0.3, 0.4) is 0 Å². The third kappa shape index (κ3) is 7.23. The summed E-state index contributed by atoms with van der Waals surface area (Å²) in [6.07, 6.45) is 1.50. The van der Waals surface area contributed by atoms with Crippen LogP contribution < -0.4 is 15.5 Å². The molecule has 0 atom stereocenters. The number of dihydropyridines is 1. The predicted octanol–water partition coefficient (Wildman–Crippen LogP) is 4.23. The molecular formula is C28H30ClN3O6. The van der Waals surface area contributed by atoms with Crippen molar-refractivity contribution in [3.05, 3.63) is 87.2 Å². The first kappa shape index (κ1) is 28.5. The van der Waals surface area contributed by atoms with Crippen LogP contribution in [0.4, 0.5) is 0 Å². The first-order chi connectivity index (χ1) is 18.2. The molecule has 1 amide bonds. The number of nitrogens with zero attached hydrogens (tertiary/aromatic N) is 1. The zero-order chi connectivity index (χ0) is 27.7. The molecule has 0 spiro atoms. The van der Waals surface area contributed by atoms with E-state index in [2.05, 4.69) is 15.8 Å². The van der Waals surface area contributed by atoms with Gasteiger partial charge in [-0.05, 0) is 63.1 Å². The highest BCUT2D eigenvalue weighted by Gasteiger charge is 2.37. The Morgan fingerprint density at radius 2 is 1.47 bits per heavy atom. The number of allylic oxidation sites excluding steroid dienone is 2. The number of esters is 2.